The molecule has 164 valence electrons. The van der Waals surface area contributed by atoms with Crippen molar-refractivity contribution in [2.45, 2.75) is 45.5 Å². The predicted molar refractivity (Wildman–Crippen MR) is 108 cm³/mol. The SMILES string of the molecule is [2H]C([2H])([2H])N(C(=O)c1ccc(N2CCO[C@H]([C@@H](OC(C)=O)C(=O)OC(C)(C)C)C2=O)cc1)C([2H])([2H])[2H]. The smallest absolute Gasteiger partial charge is 0.351 e. The molecule has 2 amide bonds. The standard InChI is InChI=1S/C21H28N2O7/c1-13(24)29-17(20(27)30-21(2,3)4)16-19(26)23(11-12-28-16)15-9-7-14(8-10-15)18(25)22(5)6/h7-10,16-17H,11-12H2,1-6H3/t16-,17-/m1/s1/i5D3,6D3. The number of anilines is 1. The molecule has 1 saturated heterocycles. The summed E-state index contributed by atoms with van der Waals surface area (Å²) in [4.78, 5) is 51.1. The summed E-state index contributed by atoms with van der Waals surface area (Å²) in [6, 6.07) is 4.99. The van der Waals surface area contributed by atoms with Crippen molar-refractivity contribution in [1.29, 1.82) is 0 Å². The number of nitrogens with zero attached hydrogens (tertiary/aromatic N) is 2. The normalized spacial score (nSPS) is 21.7. The summed E-state index contributed by atoms with van der Waals surface area (Å²) < 4.78 is 60.1. The number of ether oxygens (including phenoxy) is 3. The van der Waals surface area contributed by atoms with Gasteiger partial charge in [0.15, 0.2) is 6.10 Å². The fraction of sp³-hybridized carbons (Fsp3) is 0.524. The van der Waals surface area contributed by atoms with Crippen LogP contribution in [0.1, 0.15) is 46.3 Å². The second-order valence-electron chi connectivity index (χ2n) is 7.53. The summed E-state index contributed by atoms with van der Waals surface area (Å²) in [6.45, 7) is -0.497. The van der Waals surface area contributed by atoms with Crippen molar-refractivity contribution in [3.63, 3.8) is 0 Å². The Hall–Kier alpha value is -2.94. The third kappa shape index (κ3) is 5.79. The van der Waals surface area contributed by atoms with Gasteiger partial charge in [-0.05, 0) is 45.0 Å². The lowest BCUT2D eigenvalue weighted by atomic mass is 10.1. The quantitative estimate of drug-likeness (QED) is 0.656. The zero-order chi connectivity index (χ0) is 27.6. The predicted octanol–water partition coefficient (Wildman–Crippen LogP) is 1.39. The minimum absolute atomic E-state index is 0.0243. The number of benzene rings is 1. The Balaban J connectivity index is 2.31. The number of morpholine rings is 1. The highest BCUT2D eigenvalue weighted by Gasteiger charge is 2.44. The van der Waals surface area contributed by atoms with Gasteiger partial charge in [-0.3, -0.25) is 14.4 Å². The summed E-state index contributed by atoms with van der Waals surface area (Å²) >= 11 is 0. The van der Waals surface area contributed by atoms with E-state index >= 15 is 0 Å². The molecule has 1 heterocycles. The van der Waals surface area contributed by atoms with Gasteiger partial charge in [0.2, 0.25) is 6.10 Å². The molecular weight excluding hydrogens is 392 g/mol. The molecule has 0 aromatic heterocycles. The molecule has 2 atom stereocenters. The lowest BCUT2D eigenvalue weighted by Crippen LogP contribution is -2.56. The van der Waals surface area contributed by atoms with E-state index in [0.29, 0.717) is 0 Å². The zero-order valence-electron chi connectivity index (χ0n) is 23.1. The van der Waals surface area contributed by atoms with Crippen molar-refractivity contribution >= 4 is 29.4 Å². The van der Waals surface area contributed by atoms with Gasteiger partial charge >= 0.3 is 11.9 Å². The molecule has 9 nitrogen and oxygen atoms in total. The monoisotopic (exact) mass is 426 g/mol. The summed E-state index contributed by atoms with van der Waals surface area (Å²) in [6.07, 6.45) is -3.16. The van der Waals surface area contributed by atoms with Crippen molar-refractivity contribution < 1.29 is 41.6 Å². The highest BCUT2D eigenvalue weighted by molar-refractivity contribution is 6.01. The van der Waals surface area contributed by atoms with E-state index in [9.17, 15) is 19.2 Å². The molecule has 0 unspecified atom stereocenters. The number of amides is 2. The third-order valence-electron chi connectivity index (χ3n) is 3.96. The largest absolute Gasteiger partial charge is 0.457 e. The summed E-state index contributed by atoms with van der Waals surface area (Å²) in [5.74, 6) is -3.75. The summed E-state index contributed by atoms with van der Waals surface area (Å²) in [7, 11) is 0. The maximum atomic E-state index is 13.2. The molecule has 1 aliphatic heterocycles. The fourth-order valence-electron chi connectivity index (χ4n) is 2.76. The number of hydrogen-bond acceptors (Lipinski definition) is 7. The van der Waals surface area contributed by atoms with Crippen molar-refractivity contribution in [1.82, 2.24) is 4.90 Å². The van der Waals surface area contributed by atoms with Gasteiger partial charge in [-0.15, -0.1) is 0 Å². The number of carbonyl (C=O) groups excluding carboxylic acids is 4. The van der Waals surface area contributed by atoms with E-state index in [1.807, 2.05) is 0 Å². The van der Waals surface area contributed by atoms with Crippen molar-refractivity contribution in [3.05, 3.63) is 29.8 Å². The van der Waals surface area contributed by atoms with Crippen molar-refractivity contribution in [2.75, 3.05) is 32.0 Å². The molecule has 1 aliphatic rings. The molecule has 30 heavy (non-hydrogen) atoms. The minimum Gasteiger partial charge on any atom is -0.457 e. The molecule has 1 aromatic rings. The van der Waals surface area contributed by atoms with Crippen molar-refractivity contribution in [3.8, 4) is 0 Å². The molecule has 9 heteroatoms. The number of hydrogen-bond donors (Lipinski definition) is 0. The van der Waals surface area contributed by atoms with Gasteiger partial charge in [-0.2, -0.15) is 0 Å². The number of rotatable bonds is 5. The van der Waals surface area contributed by atoms with E-state index in [1.165, 1.54) is 29.2 Å². The first kappa shape index (κ1) is 15.8. The molecule has 0 radical (unpaired) electrons. The Kier molecular flexibility index (Phi) is 4.88. The van der Waals surface area contributed by atoms with Crippen LogP contribution in [0.15, 0.2) is 24.3 Å². The molecule has 0 spiro atoms. The van der Waals surface area contributed by atoms with Crippen LogP contribution in [0.25, 0.3) is 0 Å². The maximum Gasteiger partial charge on any atom is 0.351 e. The van der Waals surface area contributed by atoms with Crippen LogP contribution >= 0.6 is 0 Å². The molecule has 0 bridgehead atoms. The molecule has 0 aliphatic carbocycles. The highest BCUT2D eigenvalue weighted by atomic mass is 16.6. The molecule has 0 saturated carbocycles. The Morgan fingerprint density at radius 2 is 1.87 bits per heavy atom. The van der Waals surface area contributed by atoms with Gasteiger partial charge in [0.1, 0.15) is 5.60 Å². The van der Waals surface area contributed by atoms with Crippen LogP contribution in [0, 0.1) is 0 Å². The van der Waals surface area contributed by atoms with Crippen LogP contribution in [0.2, 0.25) is 0 Å². The Bertz CT molecular complexity index is 988. The first-order valence-electron chi connectivity index (χ1n) is 12.1. The van der Waals surface area contributed by atoms with E-state index < -0.39 is 55.5 Å². The highest BCUT2D eigenvalue weighted by Crippen LogP contribution is 2.23. The number of esters is 2. The van der Waals surface area contributed by atoms with Crippen LogP contribution in [-0.2, 0) is 28.6 Å². The van der Waals surface area contributed by atoms with Crippen LogP contribution in [0.5, 0.6) is 0 Å². The van der Waals surface area contributed by atoms with E-state index in [1.54, 1.807) is 20.8 Å². The van der Waals surface area contributed by atoms with Crippen LogP contribution in [0.4, 0.5) is 5.69 Å². The van der Waals surface area contributed by atoms with E-state index in [0.717, 1.165) is 6.92 Å². The minimum atomic E-state index is -3.21. The molecular formula is C21H28N2O7. The average Bonchev–Trinajstić information content (AvgIpc) is 2.69. The van der Waals surface area contributed by atoms with E-state index in [4.69, 9.17) is 22.4 Å². The van der Waals surface area contributed by atoms with Gasteiger partial charge in [-0.25, -0.2) is 4.79 Å². The fourth-order valence-corrected chi connectivity index (χ4v) is 2.76. The van der Waals surface area contributed by atoms with Gasteiger partial charge < -0.3 is 24.0 Å². The Labute approximate surface area is 184 Å². The first-order valence-corrected chi connectivity index (χ1v) is 9.11. The summed E-state index contributed by atoms with van der Waals surface area (Å²) in [5.41, 5.74) is -0.896. The van der Waals surface area contributed by atoms with Gasteiger partial charge in [-0.1, -0.05) is 0 Å². The zero-order valence-corrected chi connectivity index (χ0v) is 17.1. The maximum absolute atomic E-state index is 13.2. The topological polar surface area (TPSA) is 102 Å². The second kappa shape index (κ2) is 9.25. The third-order valence-corrected chi connectivity index (χ3v) is 3.96. The lowest BCUT2D eigenvalue weighted by Gasteiger charge is -2.35. The van der Waals surface area contributed by atoms with Gasteiger partial charge in [0.05, 0.1) is 6.61 Å². The summed E-state index contributed by atoms with van der Waals surface area (Å²) in [5, 5.41) is 0. The van der Waals surface area contributed by atoms with E-state index in [-0.39, 0.29) is 29.3 Å². The molecule has 1 fully saturated rings. The van der Waals surface area contributed by atoms with Crippen LogP contribution < -0.4 is 4.90 Å². The Morgan fingerprint density at radius 3 is 2.40 bits per heavy atom. The number of carbonyl (C=O) groups is 4. The van der Waals surface area contributed by atoms with Crippen LogP contribution in [0.3, 0.4) is 0 Å². The van der Waals surface area contributed by atoms with Crippen LogP contribution in [-0.4, -0.2) is 73.6 Å². The second-order valence-corrected chi connectivity index (χ2v) is 7.53. The van der Waals surface area contributed by atoms with E-state index in [2.05, 4.69) is 0 Å². The first-order chi connectivity index (χ1) is 16.3. The lowest BCUT2D eigenvalue weighted by molar-refractivity contribution is -0.188. The van der Waals surface area contributed by atoms with Gasteiger partial charge in [0, 0.05) is 46.9 Å². The molecule has 1 aromatic carbocycles. The average molecular weight is 426 g/mol. The molecule has 0 N–H and O–H groups in total. The van der Waals surface area contributed by atoms with Gasteiger partial charge in [0.25, 0.3) is 11.8 Å². The molecule has 2 rings (SSSR count). The Morgan fingerprint density at radius 1 is 1.23 bits per heavy atom. The van der Waals surface area contributed by atoms with Crippen molar-refractivity contribution in [2.24, 2.45) is 0 Å².